The van der Waals surface area contributed by atoms with E-state index in [4.69, 9.17) is 16.9 Å². The molecule has 0 aliphatic carbocycles. The Morgan fingerprint density at radius 3 is 2.44 bits per heavy atom. The Balaban J connectivity index is 1.48. The molecule has 1 aliphatic rings. The number of anilines is 1. The molecule has 4 rings (SSSR count). The van der Waals surface area contributed by atoms with Crippen LogP contribution in [-0.4, -0.2) is 44.2 Å². The van der Waals surface area contributed by atoms with Crippen molar-refractivity contribution < 1.29 is 9.59 Å². The Morgan fingerprint density at radius 2 is 1.84 bits per heavy atom. The lowest BCUT2D eigenvalue weighted by Crippen LogP contribution is -2.44. The number of carbonyl (C=O) groups excluding carboxylic acids is 2. The van der Waals surface area contributed by atoms with Crippen LogP contribution >= 0.6 is 23.4 Å². The van der Waals surface area contributed by atoms with E-state index in [9.17, 15) is 9.59 Å². The molecular weight excluding hydrogens is 446 g/mol. The smallest absolute Gasteiger partial charge is 0.255 e. The third-order valence-corrected chi connectivity index (χ3v) is 6.85. The molecule has 0 spiro atoms. The summed E-state index contributed by atoms with van der Waals surface area (Å²) in [4.78, 5) is 27.5. The van der Waals surface area contributed by atoms with Crippen molar-refractivity contribution in [2.45, 2.75) is 19.9 Å². The second-order valence-electron chi connectivity index (χ2n) is 7.41. The van der Waals surface area contributed by atoms with Crippen LogP contribution in [0.1, 0.15) is 27.3 Å². The molecule has 1 saturated heterocycles. The lowest BCUT2D eigenvalue weighted by molar-refractivity contribution is -0.119. The molecule has 1 fully saturated rings. The van der Waals surface area contributed by atoms with E-state index in [-0.39, 0.29) is 11.8 Å². The number of nitriles is 1. The fraction of sp³-hybridized carbons (Fsp3) is 0.217. The van der Waals surface area contributed by atoms with Crippen LogP contribution in [0.5, 0.6) is 0 Å². The predicted molar refractivity (Wildman–Crippen MR) is 125 cm³/mol. The highest BCUT2D eigenvalue weighted by atomic mass is 35.5. The van der Waals surface area contributed by atoms with E-state index in [0.717, 1.165) is 17.1 Å². The predicted octanol–water partition coefficient (Wildman–Crippen LogP) is 4.17. The average Bonchev–Trinajstić information content (AvgIpc) is 3.40. The summed E-state index contributed by atoms with van der Waals surface area (Å²) in [6.45, 7) is 3.73. The third kappa shape index (κ3) is 4.22. The van der Waals surface area contributed by atoms with Gasteiger partial charge in [0, 0.05) is 17.0 Å². The molecule has 3 aromatic rings. The van der Waals surface area contributed by atoms with E-state index in [2.05, 4.69) is 10.4 Å². The molecule has 32 heavy (non-hydrogen) atoms. The molecule has 1 unspecified atom stereocenters. The van der Waals surface area contributed by atoms with Gasteiger partial charge in [-0.25, -0.2) is 4.68 Å². The molecule has 7 nitrogen and oxygen atoms in total. The molecule has 162 valence electrons. The Morgan fingerprint density at radius 1 is 1.16 bits per heavy atom. The van der Waals surface area contributed by atoms with E-state index in [1.165, 1.54) is 11.8 Å². The SMILES string of the molecule is Cc1nn(-c2ccc(C(=O)N3CSCC3C(=O)Nc3ccc(C#N)cc3)cc2)c(C)c1Cl. The van der Waals surface area contributed by atoms with Gasteiger partial charge >= 0.3 is 0 Å². The number of rotatable bonds is 4. The summed E-state index contributed by atoms with van der Waals surface area (Å²) in [6.07, 6.45) is 0. The second kappa shape index (κ2) is 9.07. The van der Waals surface area contributed by atoms with Crippen molar-refractivity contribution in [1.82, 2.24) is 14.7 Å². The minimum absolute atomic E-state index is 0.201. The lowest BCUT2D eigenvalue weighted by atomic mass is 10.1. The van der Waals surface area contributed by atoms with Crippen molar-refractivity contribution in [2.24, 2.45) is 0 Å². The number of aromatic nitrogens is 2. The first-order valence-corrected chi connectivity index (χ1v) is 11.4. The molecule has 1 N–H and O–H groups in total. The molecule has 2 heterocycles. The first-order chi connectivity index (χ1) is 15.4. The van der Waals surface area contributed by atoms with E-state index < -0.39 is 6.04 Å². The van der Waals surface area contributed by atoms with Crippen molar-refractivity contribution in [2.75, 3.05) is 16.9 Å². The van der Waals surface area contributed by atoms with Crippen molar-refractivity contribution in [3.8, 4) is 11.8 Å². The number of nitrogens with zero attached hydrogens (tertiary/aromatic N) is 4. The molecule has 0 radical (unpaired) electrons. The minimum Gasteiger partial charge on any atom is -0.324 e. The number of aryl methyl sites for hydroxylation is 1. The quantitative estimate of drug-likeness (QED) is 0.624. The topological polar surface area (TPSA) is 91.0 Å². The van der Waals surface area contributed by atoms with E-state index in [1.54, 1.807) is 46.0 Å². The summed E-state index contributed by atoms with van der Waals surface area (Å²) in [5, 5.41) is 16.8. The Bertz CT molecular complexity index is 1210. The molecule has 1 aliphatic heterocycles. The maximum absolute atomic E-state index is 13.1. The van der Waals surface area contributed by atoms with Crippen molar-refractivity contribution in [3.05, 3.63) is 76.1 Å². The monoisotopic (exact) mass is 465 g/mol. The standard InChI is InChI=1S/C23H20ClN5O2S/c1-14-21(24)15(2)29(27-14)19-9-5-17(6-10-19)23(31)28-13-32-12-20(28)22(30)26-18-7-3-16(11-25)4-8-18/h3-10,20H,12-13H2,1-2H3,(H,26,30). The Kier molecular flexibility index (Phi) is 6.21. The molecule has 2 amide bonds. The number of nitrogens with one attached hydrogen (secondary N) is 1. The lowest BCUT2D eigenvalue weighted by Gasteiger charge is -2.23. The summed E-state index contributed by atoms with van der Waals surface area (Å²) in [5.74, 6) is 0.518. The maximum Gasteiger partial charge on any atom is 0.255 e. The van der Waals surface area contributed by atoms with Gasteiger partial charge in [-0.3, -0.25) is 9.59 Å². The summed E-state index contributed by atoms with van der Waals surface area (Å²) >= 11 is 7.77. The van der Waals surface area contributed by atoms with Crippen LogP contribution < -0.4 is 5.32 Å². The van der Waals surface area contributed by atoms with Gasteiger partial charge in [0.2, 0.25) is 5.91 Å². The molecule has 1 atom stereocenters. The molecule has 9 heteroatoms. The van der Waals surface area contributed by atoms with Crippen LogP contribution in [0.3, 0.4) is 0 Å². The van der Waals surface area contributed by atoms with Gasteiger partial charge in [-0.1, -0.05) is 11.6 Å². The first kappa shape index (κ1) is 21.9. The Hall–Kier alpha value is -3.28. The van der Waals surface area contributed by atoms with E-state index in [1.807, 2.05) is 32.0 Å². The van der Waals surface area contributed by atoms with Crippen LogP contribution in [0.2, 0.25) is 5.02 Å². The zero-order chi connectivity index (χ0) is 22.8. The average molecular weight is 466 g/mol. The van der Waals surface area contributed by atoms with Crippen molar-refractivity contribution in [3.63, 3.8) is 0 Å². The van der Waals surface area contributed by atoms with Crippen LogP contribution in [0.4, 0.5) is 5.69 Å². The van der Waals surface area contributed by atoms with Gasteiger partial charge in [0.15, 0.2) is 0 Å². The van der Waals surface area contributed by atoms with Gasteiger partial charge < -0.3 is 10.2 Å². The fourth-order valence-electron chi connectivity index (χ4n) is 3.50. The van der Waals surface area contributed by atoms with Gasteiger partial charge in [0.05, 0.1) is 39.6 Å². The number of hydrogen-bond acceptors (Lipinski definition) is 5. The van der Waals surface area contributed by atoms with E-state index in [0.29, 0.717) is 33.5 Å². The highest BCUT2D eigenvalue weighted by molar-refractivity contribution is 7.99. The summed E-state index contributed by atoms with van der Waals surface area (Å²) < 4.78 is 1.74. The van der Waals surface area contributed by atoms with E-state index >= 15 is 0 Å². The zero-order valence-corrected chi connectivity index (χ0v) is 19.1. The van der Waals surface area contributed by atoms with Crippen LogP contribution in [0.15, 0.2) is 48.5 Å². The largest absolute Gasteiger partial charge is 0.324 e. The fourth-order valence-corrected chi connectivity index (χ4v) is 4.77. The zero-order valence-electron chi connectivity index (χ0n) is 17.5. The van der Waals surface area contributed by atoms with Gasteiger partial charge in [-0.15, -0.1) is 11.8 Å². The molecule has 2 aromatic carbocycles. The number of benzene rings is 2. The Labute approximate surface area is 195 Å². The molecule has 0 saturated carbocycles. The van der Waals surface area contributed by atoms with Gasteiger partial charge in [-0.05, 0) is 62.4 Å². The van der Waals surface area contributed by atoms with Crippen molar-refractivity contribution in [1.29, 1.82) is 5.26 Å². The highest BCUT2D eigenvalue weighted by Crippen LogP contribution is 2.26. The molecule has 0 bridgehead atoms. The molecule has 1 aromatic heterocycles. The maximum atomic E-state index is 13.1. The number of hydrogen-bond donors (Lipinski definition) is 1. The third-order valence-electron chi connectivity index (χ3n) is 5.29. The van der Waals surface area contributed by atoms with Gasteiger partial charge in [0.25, 0.3) is 5.91 Å². The van der Waals surface area contributed by atoms with Gasteiger partial charge in [0.1, 0.15) is 6.04 Å². The number of halogens is 1. The van der Waals surface area contributed by atoms with Crippen molar-refractivity contribution >= 4 is 40.9 Å². The first-order valence-electron chi connectivity index (χ1n) is 9.91. The number of thioether (sulfide) groups is 1. The molecular formula is C23H20ClN5O2S. The van der Waals surface area contributed by atoms with Crippen LogP contribution in [0.25, 0.3) is 5.69 Å². The van der Waals surface area contributed by atoms with Gasteiger partial charge in [-0.2, -0.15) is 10.4 Å². The summed E-state index contributed by atoms with van der Waals surface area (Å²) in [7, 11) is 0. The highest BCUT2D eigenvalue weighted by Gasteiger charge is 2.35. The van der Waals surface area contributed by atoms with Crippen LogP contribution in [0, 0.1) is 25.2 Å². The number of carbonyl (C=O) groups is 2. The second-order valence-corrected chi connectivity index (χ2v) is 8.79. The summed E-state index contributed by atoms with van der Waals surface area (Å²) in [5.41, 5.74) is 3.99. The number of amides is 2. The summed E-state index contributed by atoms with van der Waals surface area (Å²) in [6, 6.07) is 15.2. The van der Waals surface area contributed by atoms with Crippen LogP contribution in [-0.2, 0) is 4.79 Å². The minimum atomic E-state index is -0.572. The normalized spacial score (nSPS) is 15.4.